The van der Waals surface area contributed by atoms with Gasteiger partial charge in [-0.05, 0) is 38.9 Å². The predicted molar refractivity (Wildman–Crippen MR) is 104 cm³/mol. The van der Waals surface area contributed by atoms with Gasteiger partial charge in [0.05, 0.1) is 16.7 Å². The summed E-state index contributed by atoms with van der Waals surface area (Å²) in [5, 5.41) is 8.13. The summed E-state index contributed by atoms with van der Waals surface area (Å²) >= 11 is 0. The van der Waals surface area contributed by atoms with Crippen LogP contribution in [-0.2, 0) is 30.5 Å². The number of nitrogens with one attached hydrogen (secondary N) is 1. The van der Waals surface area contributed by atoms with Gasteiger partial charge in [-0.25, -0.2) is 8.51 Å². The average molecular weight is 366 g/mol. The fraction of sp³-hybridized carbons (Fsp3) is 0.722. The maximum atomic E-state index is 12.0. The monoisotopic (exact) mass is 365 g/mol. The molecule has 1 unspecified atom stereocenters. The second kappa shape index (κ2) is 8.58. The molecule has 0 radical (unpaired) electrons. The summed E-state index contributed by atoms with van der Waals surface area (Å²) < 4.78 is 16.3. The number of fused-ring (bicyclic) bond motifs is 1. The van der Waals surface area contributed by atoms with E-state index in [1.807, 2.05) is 14.0 Å². The van der Waals surface area contributed by atoms with Gasteiger partial charge in [0.15, 0.2) is 0 Å². The lowest BCUT2D eigenvalue weighted by atomic mass is 9.96. The molecule has 6 nitrogen and oxygen atoms in total. The zero-order valence-corrected chi connectivity index (χ0v) is 16.6. The topological polar surface area (TPSA) is 53.4 Å². The minimum absolute atomic E-state index is 0.702. The Bertz CT molecular complexity index is 654. The van der Waals surface area contributed by atoms with Crippen LogP contribution < -0.4 is 5.32 Å². The predicted octanol–water partition coefficient (Wildman–Crippen LogP) is 1.25. The summed E-state index contributed by atoms with van der Waals surface area (Å²) in [6.45, 7) is 7.58. The van der Waals surface area contributed by atoms with Gasteiger partial charge in [-0.15, -0.1) is 0 Å². The van der Waals surface area contributed by atoms with Crippen LogP contribution in [0.2, 0.25) is 0 Å². The third-order valence-corrected chi connectivity index (χ3v) is 6.51. The molecular formula is C18H31N5OS. The van der Waals surface area contributed by atoms with Crippen LogP contribution in [0, 0.1) is 0 Å². The Morgan fingerprint density at radius 3 is 2.88 bits per heavy atom. The SMILES string of the molecule is CCS(=O)N1CC=C(c2c(CN(C)CCNC)nn3c2CCC3)CC1. The first kappa shape index (κ1) is 18.8. The van der Waals surface area contributed by atoms with Gasteiger partial charge in [0.25, 0.3) is 0 Å². The summed E-state index contributed by atoms with van der Waals surface area (Å²) in [5.74, 6) is 0.702. The number of nitrogens with zero attached hydrogens (tertiary/aromatic N) is 4. The lowest BCUT2D eigenvalue weighted by molar-refractivity contribution is 0.322. The molecule has 0 spiro atoms. The van der Waals surface area contributed by atoms with Crippen LogP contribution in [0.5, 0.6) is 0 Å². The second-order valence-electron chi connectivity index (χ2n) is 6.91. The van der Waals surface area contributed by atoms with Crippen molar-refractivity contribution in [2.45, 2.75) is 39.3 Å². The molecule has 1 aromatic heterocycles. The molecule has 2 aliphatic heterocycles. The normalized spacial score (nSPS) is 19.3. The van der Waals surface area contributed by atoms with Crippen molar-refractivity contribution in [1.82, 2.24) is 24.3 Å². The second-order valence-corrected chi connectivity index (χ2v) is 8.65. The van der Waals surface area contributed by atoms with Crippen molar-refractivity contribution >= 4 is 16.6 Å². The molecule has 7 heteroatoms. The van der Waals surface area contributed by atoms with E-state index in [9.17, 15) is 4.21 Å². The van der Waals surface area contributed by atoms with Crippen LogP contribution in [0.3, 0.4) is 0 Å². The minimum atomic E-state index is -0.840. The van der Waals surface area contributed by atoms with Crippen LogP contribution >= 0.6 is 0 Å². The van der Waals surface area contributed by atoms with Crippen LogP contribution in [-0.4, -0.2) is 69.2 Å². The van der Waals surface area contributed by atoms with Crippen LogP contribution in [0.1, 0.15) is 36.7 Å². The Labute approximate surface area is 153 Å². The van der Waals surface area contributed by atoms with E-state index in [2.05, 4.69) is 32.3 Å². The van der Waals surface area contributed by atoms with Crippen molar-refractivity contribution in [1.29, 1.82) is 0 Å². The van der Waals surface area contributed by atoms with Crippen molar-refractivity contribution in [3.05, 3.63) is 23.0 Å². The maximum Gasteiger partial charge on any atom is 0.0942 e. The number of aromatic nitrogens is 2. The highest BCUT2D eigenvalue weighted by molar-refractivity contribution is 7.82. The van der Waals surface area contributed by atoms with E-state index < -0.39 is 11.0 Å². The summed E-state index contributed by atoms with van der Waals surface area (Å²) in [6.07, 6.45) is 5.58. The summed E-state index contributed by atoms with van der Waals surface area (Å²) in [5.41, 5.74) is 5.42. The Kier molecular flexibility index (Phi) is 6.44. The first-order valence-electron chi connectivity index (χ1n) is 9.38. The van der Waals surface area contributed by atoms with E-state index in [4.69, 9.17) is 5.10 Å². The van der Waals surface area contributed by atoms with Crippen LogP contribution in [0.15, 0.2) is 6.08 Å². The molecule has 0 saturated heterocycles. The smallest absolute Gasteiger partial charge is 0.0942 e. The molecule has 140 valence electrons. The number of aryl methyl sites for hydroxylation is 1. The van der Waals surface area contributed by atoms with E-state index in [1.165, 1.54) is 28.9 Å². The zero-order chi connectivity index (χ0) is 17.8. The van der Waals surface area contributed by atoms with Gasteiger partial charge >= 0.3 is 0 Å². The van der Waals surface area contributed by atoms with Crippen molar-refractivity contribution in [2.75, 3.05) is 46.0 Å². The highest BCUT2D eigenvalue weighted by Gasteiger charge is 2.26. The summed E-state index contributed by atoms with van der Waals surface area (Å²) in [4.78, 5) is 2.33. The van der Waals surface area contributed by atoms with Gasteiger partial charge in [-0.1, -0.05) is 13.0 Å². The van der Waals surface area contributed by atoms with E-state index in [-0.39, 0.29) is 0 Å². The van der Waals surface area contributed by atoms with Crippen molar-refractivity contribution in [3.8, 4) is 0 Å². The van der Waals surface area contributed by atoms with Gasteiger partial charge in [-0.3, -0.25) is 9.58 Å². The van der Waals surface area contributed by atoms with E-state index >= 15 is 0 Å². The highest BCUT2D eigenvalue weighted by Crippen LogP contribution is 2.32. The van der Waals surface area contributed by atoms with Gasteiger partial charge < -0.3 is 5.32 Å². The molecule has 0 aromatic carbocycles. The Morgan fingerprint density at radius 2 is 2.20 bits per heavy atom. The first-order chi connectivity index (χ1) is 12.1. The largest absolute Gasteiger partial charge is 0.318 e. The van der Waals surface area contributed by atoms with Crippen LogP contribution in [0.25, 0.3) is 5.57 Å². The van der Waals surface area contributed by atoms with Gasteiger partial charge in [0.1, 0.15) is 0 Å². The molecule has 25 heavy (non-hydrogen) atoms. The number of hydrogen-bond acceptors (Lipinski definition) is 4. The molecule has 3 rings (SSSR count). The molecule has 2 aliphatic rings. The van der Waals surface area contributed by atoms with Crippen LogP contribution in [0.4, 0.5) is 0 Å². The van der Waals surface area contributed by atoms with E-state index in [1.54, 1.807) is 0 Å². The quantitative estimate of drug-likeness (QED) is 0.753. The molecule has 0 fully saturated rings. The van der Waals surface area contributed by atoms with E-state index in [0.29, 0.717) is 5.75 Å². The summed E-state index contributed by atoms with van der Waals surface area (Å²) in [6, 6.07) is 0. The first-order valence-corrected chi connectivity index (χ1v) is 10.7. The average Bonchev–Trinajstić information content (AvgIpc) is 3.20. The number of likely N-dealkylation sites (N-methyl/N-ethyl adjacent to an activating group) is 2. The van der Waals surface area contributed by atoms with Gasteiger partial charge in [-0.2, -0.15) is 5.10 Å². The Morgan fingerprint density at radius 1 is 1.36 bits per heavy atom. The molecule has 3 heterocycles. The van der Waals surface area contributed by atoms with Crippen molar-refractivity contribution in [3.63, 3.8) is 0 Å². The minimum Gasteiger partial charge on any atom is -0.318 e. The lowest BCUT2D eigenvalue weighted by Gasteiger charge is -2.25. The molecule has 0 saturated carbocycles. The Balaban J connectivity index is 1.80. The molecular weight excluding hydrogens is 334 g/mol. The highest BCUT2D eigenvalue weighted by atomic mass is 32.2. The Hall–Kier alpha value is -1.02. The third kappa shape index (κ3) is 4.22. The van der Waals surface area contributed by atoms with Gasteiger partial charge in [0.2, 0.25) is 0 Å². The van der Waals surface area contributed by atoms with Crippen molar-refractivity contribution in [2.24, 2.45) is 0 Å². The third-order valence-electron chi connectivity index (χ3n) is 5.10. The molecule has 0 aliphatic carbocycles. The molecule has 1 aromatic rings. The fourth-order valence-electron chi connectivity index (χ4n) is 3.75. The van der Waals surface area contributed by atoms with E-state index in [0.717, 1.165) is 52.1 Å². The summed E-state index contributed by atoms with van der Waals surface area (Å²) in [7, 11) is 3.31. The number of rotatable bonds is 8. The molecule has 1 N–H and O–H groups in total. The van der Waals surface area contributed by atoms with Gasteiger partial charge in [0, 0.05) is 56.3 Å². The molecule has 0 bridgehead atoms. The standard InChI is InChI=1S/C18H31N5OS/c1-4-25(24)22-11-7-15(8-12-22)18-16(14-21(3)13-9-19-2)20-23-10-5-6-17(18)23/h7,19H,4-6,8-14H2,1-3H3. The fourth-order valence-corrected chi connectivity index (χ4v) is 4.65. The molecule has 0 amide bonds. The lowest BCUT2D eigenvalue weighted by Crippen LogP contribution is -2.31. The van der Waals surface area contributed by atoms with Crippen molar-refractivity contribution < 1.29 is 4.21 Å². The zero-order valence-electron chi connectivity index (χ0n) is 15.8. The number of hydrogen-bond donors (Lipinski definition) is 1. The molecule has 1 atom stereocenters. The maximum absolute atomic E-state index is 12.0.